The van der Waals surface area contributed by atoms with Crippen LogP contribution in [0.15, 0.2) is 30.3 Å². The van der Waals surface area contributed by atoms with Gasteiger partial charge in [0.05, 0.1) is 12.3 Å². The van der Waals surface area contributed by atoms with Crippen LogP contribution in [0, 0.1) is 13.8 Å². The Morgan fingerprint density at radius 3 is 2.75 bits per heavy atom. The third-order valence-electron chi connectivity index (χ3n) is 4.46. The zero-order chi connectivity index (χ0) is 17.1. The van der Waals surface area contributed by atoms with E-state index in [1.165, 1.54) is 5.56 Å². The topological polar surface area (TPSA) is 59.4 Å². The van der Waals surface area contributed by atoms with Crippen LogP contribution in [0.4, 0.5) is 5.82 Å². The number of hydrogen-bond acceptors (Lipinski definition) is 4. The summed E-state index contributed by atoms with van der Waals surface area (Å²) >= 11 is 0. The lowest BCUT2D eigenvalue weighted by atomic mass is 10.2. The molecule has 0 bridgehead atoms. The van der Waals surface area contributed by atoms with Crippen molar-refractivity contribution in [2.24, 2.45) is 7.05 Å². The molecule has 128 valence electrons. The van der Waals surface area contributed by atoms with Crippen molar-refractivity contribution in [3.63, 3.8) is 0 Å². The molecule has 6 nitrogen and oxygen atoms in total. The van der Waals surface area contributed by atoms with E-state index in [9.17, 15) is 4.79 Å². The van der Waals surface area contributed by atoms with Gasteiger partial charge in [-0.05, 0) is 19.4 Å². The van der Waals surface area contributed by atoms with Gasteiger partial charge in [-0.3, -0.25) is 14.4 Å². The first kappa shape index (κ1) is 16.7. The van der Waals surface area contributed by atoms with Crippen LogP contribution in [-0.4, -0.2) is 46.4 Å². The Morgan fingerprint density at radius 2 is 2.08 bits per heavy atom. The maximum atomic E-state index is 12.6. The van der Waals surface area contributed by atoms with Gasteiger partial charge in [0, 0.05) is 32.2 Å². The molecule has 0 spiro atoms. The number of hydrogen-bond donors (Lipinski definition) is 1. The summed E-state index contributed by atoms with van der Waals surface area (Å²) in [4.78, 5) is 14.8. The molecular weight excluding hydrogens is 304 g/mol. The third-order valence-corrected chi connectivity index (χ3v) is 4.46. The van der Waals surface area contributed by atoms with Crippen molar-refractivity contribution in [3.05, 3.63) is 47.2 Å². The Balaban J connectivity index is 1.62. The molecule has 0 saturated carbocycles. The van der Waals surface area contributed by atoms with Gasteiger partial charge in [0.1, 0.15) is 11.9 Å². The highest BCUT2D eigenvalue weighted by Crippen LogP contribution is 2.18. The van der Waals surface area contributed by atoms with Gasteiger partial charge >= 0.3 is 0 Å². The predicted molar refractivity (Wildman–Crippen MR) is 92.8 cm³/mol. The van der Waals surface area contributed by atoms with Crippen molar-refractivity contribution in [2.45, 2.75) is 26.5 Å². The lowest BCUT2D eigenvalue weighted by Gasteiger charge is -2.32. The minimum Gasteiger partial charge on any atom is -0.366 e. The summed E-state index contributed by atoms with van der Waals surface area (Å²) in [5.41, 5.74) is 3.16. The number of nitrogens with one attached hydrogen (secondary N) is 1. The number of ether oxygens (including phenoxy) is 1. The van der Waals surface area contributed by atoms with Crippen LogP contribution in [0.5, 0.6) is 0 Å². The van der Waals surface area contributed by atoms with Crippen LogP contribution >= 0.6 is 0 Å². The van der Waals surface area contributed by atoms with Crippen LogP contribution in [0.1, 0.15) is 16.8 Å². The van der Waals surface area contributed by atoms with Gasteiger partial charge in [-0.2, -0.15) is 5.10 Å². The van der Waals surface area contributed by atoms with Gasteiger partial charge in [-0.1, -0.05) is 30.3 Å². The minimum absolute atomic E-state index is 0.112. The molecule has 1 aliphatic heterocycles. The fourth-order valence-corrected chi connectivity index (χ4v) is 2.98. The maximum Gasteiger partial charge on any atom is 0.255 e. The number of aryl methyl sites for hydroxylation is 2. The second kappa shape index (κ2) is 7.15. The summed E-state index contributed by atoms with van der Waals surface area (Å²) in [6.45, 7) is 6.72. The maximum absolute atomic E-state index is 12.6. The molecule has 1 N–H and O–H groups in total. The molecule has 0 aliphatic carbocycles. The normalized spacial score (nSPS) is 18.5. The zero-order valence-electron chi connectivity index (χ0n) is 14.5. The van der Waals surface area contributed by atoms with Crippen LogP contribution in [0.2, 0.25) is 0 Å². The van der Waals surface area contributed by atoms with Crippen molar-refractivity contribution >= 4 is 11.7 Å². The first-order valence-corrected chi connectivity index (χ1v) is 8.23. The van der Waals surface area contributed by atoms with E-state index in [4.69, 9.17) is 4.74 Å². The molecule has 2 aromatic rings. The molecule has 1 saturated heterocycles. The van der Waals surface area contributed by atoms with E-state index in [1.54, 1.807) is 4.68 Å². The number of carbonyl (C=O) groups excluding carboxylic acids is 1. The monoisotopic (exact) mass is 328 g/mol. The highest BCUT2D eigenvalue weighted by atomic mass is 16.5. The van der Waals surface area contributed by atoms with E-state index >= 15 is 0 Å². The van der Waals surface area contributed by atoms with Gasteiger partial charge < -0.3 is 10.1 Å². The number of carbonyl (C=O) groups is 1. The van der Waals surface area contributed by atoms with E-state index in [0.717, 1.165) is 30.2 Å². The molecule has 1 amide bonds. The Kier molecular flexibility index (Phi) is 4.97. The smallest absolute Gasteiger partial charge is 0.255 e. The van der Waals surface area contributed by atoms with Crippen molar-refractivity contribution in [2.75, 3.05) is 25.0 Å². The average molecular weight is 328 g/mol. The molecule has 1 aromatic carbocycles. The molecular formula is C18H24N4O2. The van der Waals surface area contributed by atoms with E-state index in [-0.39, 0.29) is 5.91 Å². The minimum atomic E-state index is -0.461. The molecule has 0 radical (unpaired) electrons. The zero-order valence-corrected chi connectivity index (χ0v) is 14.5. The first-order chi connectivity index (χ1) is 11.5. The largest absolute Gasteiger partial charge is 0.366 e. The summed E-state index contributed by atoms with van der Waals surface area (Å²) in [6.07, 6.45) is -0.461. The Bertz CT molecular complexity index is 711. The standard InChI is InChI=1S/C18H24N4O2/c1-13-14(2)20-21(3)17(13)19-18(23)16-12-22(9-10-24-16)11-15-7-5-4-6-8-15/h4-8,16H,9-12H2,1-3H3,(H,19,23). The van der Waals surface area contributed by atoms with E-state index < -0.39 is 6.10 Å². The number of amides is 1. The second-order valence-corrected chi connectivity index (χ2v) is 6.25. The van der Waals surface area contributed by atoms with E-state index in [0.29, 0.717) is 13.2 Å². The number of aromatic nitrogens is 2. The number of rotatable bonds is 4. The van der Waals surface area contributed by atoms with Crippen molar-refractivity contribution < 1.29 is 9.53 Å². The van der Waals surface area contributed by atoms with Crippen molar-refractivity contribution in [3.8, 4) is 0 Å². The third kappa shape index (κ3) is 3.66. The lowest BCUT2D eigenvalue weighted by Crippen LogP contribution is -2.47. The Hall–Kier alpha value is -2.18. The van der Waals surface area contributed by atoms with Gasteiger partial charge in [0.2, 0.25) is 0 Å². The molecule has 1 unspecified atom stereocenters. The summed E-state index contributed by atoms with van der Waals surface area (Å²) in [7, 11) is 1.83. The quantitative estimate of drug-likeness (QED) is 0.931. The van der Waals surface area contributed by atoms with Gasteiger partial charge in [-0.15, -0.1) is 0 Å². The van der Waals surface area contributed by atoms with Crippen molar-refractivity contribution in [1.82, 2.24) is 14.7 Å². The summed E-state index contributed by atoms with van der Waals surface area (Å²) in [5, 5.41) is 7.29. The Morgan fingerprint density at radius 1 is 1.33 bits per heavy atom. The number of nitrogens with zero attached hydrogens (tertiary/aromatic N) is 3. The molecule has 1 atom stereocenters. The molecule has 6 heteroatoms. The summed E-state index contributed by atoms with van der Waals surface area (Å²) < 4.78 is 7.38. The Labute approximate surface area is 142 Å². The van der Waals surface area contributed by atoms with Gasteiger partial charge in [0.15, 0.2) is 0 Å². The highest BCUT2D eigenvalue weighted by Gasteiger charge is 2.27. The number of morpholine rings is 1. The van der Waals surface area contributed by atoms with Crippen LogP contribution in [0.25, 0.3) is 0 Å². The van der Waals surface area contributed by atoms with E-state index in [2.05, 4.69) is 27.4 Å². The molecule has 1 fully saturated rings. The number of anilines is 1. The van der Waals surface area contributed by atoms with Gasteiger partial charge in [0.25, 0.3) is 5.91 Å². The molecule has 3 rings (SSSR count). The molecule has 1 aliphatic rings. The second-order valence-electron chi connectivity index (χ2n) is 6.25. The molecule has 24 heavy (non-hydrogen) atoms. The average Bonchev–Trinajstić information content (AvgIpc) is 2.82. The van der Waals surface area contributed by atoms with Gasteiger partial charge in [-0.25, -0.2) is 0 Å². The summed E-state index contributed by atoms with van der Waals surface area (Å²) in [6, 6.07) is 10.3. The SMILES string of the molecule is Cc1nn(C)c(NC(=O)C2CN(Cc3ccccc3)CCO2)c1C. The fraction of sp³-hybridized carbons (Fsp3) is 0.444. The summed E-state index contributed by atoms with van der Waals surface area (Å²) in [5.74, 6) is 0.625. The highest BCUT2D eigenvalue weighted by molar-refractivity contribution is 5.94. The fourth-order valence-electron chi connectivity index (χ4n) is 2.98. The number of benzene rings is 1. The predicted octanol–water partition coefficient (Wildman–Crippen LogP) is 1.88. The van der Waals surface area contributed by atoms with E-state index in [1.807, 2.05) is 39.1 Å². The van der Waals surface area contributed by atoms with Crippen LogP contribution in [0.3, 0.4) is 0 Å². The first-order valence-electron chi connectivity index (χ1n) is 8.23. The van der Waals surface area contributed by atoms with Crippen molar-refractivity contribution in [1.29, 1.82) is 0 Å². The molecule has 2 heterocycles. The lowest BCUT2D eigenvalue weighted by molar-refractivity contribution is -0.133. The van der Waals surface area contributed by atoms with Crippen LogP contribution < -0.4 is 5.32 Å². The molecule has 1 aromatic heterocycles. The van der Waals surface area contributed by atoms with Crippen LogP contribution in [-0.2, 0) is 23.1 Å².